The van der Waals surface area contributed by atoms with E-state index in [1.807, 2.05) is 49.4 Å². The number of hydrogen-bond donors (Lipinski definition) is 3. The van der Waals surface area contributed by atoms with Crippen molar-refractivity contribution < 1.29 is 19.1 Å². The molecule has 1 heterocycles. The normalized spacial score (nSPS) is 11.7. The van der Waals surface area contributed by atoms with Crippen molar-refractivity contribution in [1.82, 2.24) is 5.32 Å². The van der Waals surface area contributed by atoms with Crippen LogP contribution in [0, 0.1) is 6.92 Å². The van der Waals surface area contributed by atoms with E-state index >= 15 is 0 Å². The lowest BCUT2D eigenvalue weighted by Gasteiger charge is -2.13. The lowest BCUT2D eigenvalue weighted by molar-refractivity contribution is -0.114. The van der Waals surface area contributed by atoms with Crippen LogP contribution in [0.25, 0.3) is 0 Å². The molecule has 1 aliphatic heterocycles. The summed E-state index contributed by atoms with van der Waals surface area (Å²) in [4.78, 5) is 25.2. The number of hydrogen-bond acceptors (Lipinski definition) is 5. The molecule has 1 aliphatic rings. The van der Waals surface area contributed by atoms with Gasteiger partial charge in [0.25, 0.3) is 5.91 Å². The van der Waals surface area contributed by atoms with Crippen molar-refractivity contribution >= 4 is 39.1 Å². The first-order valence-corrected chi connectivity index (χ1v) is 10.8. The van der Waals surface area contributed by atoms with E-state index < -0.39 is 0 Å². The highest BCUT2D eigenvalue weighted by Gasteiger charge is 2.15. The van der Waals surface area contributed by atoms with Gasteiger partial charge >= 0.3 is 0 Å². The van der Waals surface area contributed by atoms with Crippen molar-refractivity contribution in [3.8, 4) is 11.5 Å². The summed E-state index contributed by atoms with van der Waals surface area (Å²) in [5, 5.41) is 8.81. The van der Waals surface area contributed by atoms with Crippen LogP contribution in [-0.2, 0) is 11.3 Å². The molecule has 4 rings (SSSR count). The summed E-state index contributed by atoms with van der Waals surface area (Å²) in [5.74, 6) is 0.910. The second-order valence-corrected chi connectivity index (χ2v) is 8.16. The largest absolute Gasteiger partial charge is 0.454 e. The van der Waals surface area contributed by atoms with Crippen LogP contribution >= 0.6 is 15.9 Å². The Labute approximate surface area is 194 Å². The van der Waals surface area contributed by atoms with E-state index in [9.17, 15) is 9.59 Å². The molecule has 3 N–H and O–H groups in total. The molecule has 7 nitrogen and oxygen atoms in total. The quantitative estimate of drug-likeness (QED) is 0.450. The van der Waals surface area contributed by atoms with Crippen LogP contribution in [0.3, 0.4) is 0 Å². The summed E-state index contributed by atoms with van der Waals surface area (Å²) in [5.41, 5.74) is 3.72. The van der Waals surface area contributed by atoms with Crippen LogP contribution in [0.2, 0.25) is 0 Å². The van der Waals surface area contributed by atoms with E-state index in [1.165, 1.54) is 0 Å². The minimum absolute atomic E-state index is 0.0206. The highest BCUT2D eigenvalue weighted by Crippen LogP contribution is 2.32. The van der Waals surface area contributed by atoms with Gasteiger partial charge in [0.15, 0.2) is 11.5 Å². The van der Waals surface area contributed by atoms with Crippen molar-refractivity contribution in [2.24, 2.45) is 0 Å². The number of ether oxygens (including phenoxy) is 2. The first kappa shape index (κ1) is 21.7. The number of carbonyl (C=O) groups is 2. The first-order valence-electron chi connectivity index (χ1n) is 10.1. The van der Waals surface area contributed by atoms with Gasteiger partial charge in [-0.1, -0.05) is 24.3 Å². The van der Waals surface area contributed by atoms with Crippen LogP contribution in [0.4, 0.5) is 11.4 Å². The topological polar surface area (TPSA) is 88.7 Å². The van der Waals surface area contributed by atoms with Crippen LogP contribution in [0.15, 0.2) is 65.1 Å². The fraction of sp³-hybridized carbons (Fsp3) is 0.167. The number of halogens is 1. The number of fused-ring (bicyclic) bond motifs is 1. The molecule has 0 unspecified atom stereocenters. The highest BCUT2D eigenvalue weighted by atomic mass is 79.9. The third kappa shape index (κ3) is 5.20. The summed E-state index contributed by atoms with van der Waals surface area (Å²) in [6.07, 6.45) is 0. The van der Waals surface area contributed by atoms with Crippen LogP contribution in [0.1, 0.15) is 21.5 Å². The van der Waals surface area contributed by atoms with E-state index in [1.54, 1.807) is 18.2 Å². The monoisotopic (exact) mass is 495 g/mol. The summed E-state index contributed by atoms with van der Waals surface area (Å²) in [7, 11) is 0. The molecule has 0 radical (unpaired) electrons. The minimum Gasteiger partial charge on any atom is -0.454 e. The predicted molar refractivity (Wildman–Crippen MR) is 126 cm³/mol. The molecule has 2 amide bonds. The maximum absolute atomic E-state index is 12.8. The Morgan fingerprint density at radius 1 is 0.969 bits per heavy atom. The van der Waals surface area contributed by atoms with Crippen LogP contribution in [-0.4, -0.2) is 25.2 Å². The first-order chi connectivity index (χ1) is 15.5. The van der Waals surface area contributed by atoms with Gasteiger partial charge in [-0.15, -0.1) is 0 Å². The van der Waals surface area contributed by atoms with E-state index in [-0.39, 0.29) is 25.2 Å². The average Bonchev–Trinajstić information content (AvgIpc) is 3.26. The number of aryl methyl sites for hydroxylation is 1. The second-order valence-electron chi connectivity index (χ2n) is 7.30. The third-order valence-electron chi connectivity index (χ3n) is 4.90. The molecule has 8 heteroatoms. The lowest BCUT2D eigenvalue weighted by atomic mass is 10.1. The lowest BCUT2D eigenvalue weighted by Crippen LogP contribution is -2.26. The maximum atomic E-state index is 12.8. The highest BCUT2D eigenvalue weighted by molar-refractivity contribution is 9.10. The van der Waals surface area contributed by atoms with Gasteiger partial charge in [-0.3, -0.25) is 9.59 Å². The minimum atomic E-state index is -0.243. The summed E-state index contributed by atoms with van der Waals surface area (Å²) >= 11 is 3.45. The number of nitrogens with one attached hydrogen (secondary N) is 3. The molecule has 0 bridgehead atoms. The van der Waals surface area contributed by atoms with Gasteiger partial charge in [-0.2, -0.15) is 0 Å². The average molecular weight is 496 g/mol. The van der Waals surface area contributed by atoms with Gasteiger partial charge in [0.2, 0.25) is 12.7 Å². The molecule has 0 atom stereocenters. The Morgan fingerprint density at radius 3 is 2.62 bits per heavy atom. The number of carbonyl (C=O) groups excluding carboxylic acids is 2. The fourth-order valence-electron chi connectivity index (χ4n) is 3.26. The summed E-state index contributed by atoms with van der Waals surface area (Å²) in [6, 6.07) is 18.3. The van der Waals surface area contributed by atoms with Gasteiger partial charge in [0, 0.05) is 16.7 Å². The van der Waals surface area contributed by atoms with Crippen molar-refractivity contribution in [2.45, 2.75) is 13.5 Å². The second kappa shape index (κ2) is 9.74. The molecule has 0 fully saturated rings. The number of anilines is 2. The zero-order valence-electron chi connectivity index (χ0n) is 17.4. The molecule has 0 aliphatic carbocycles. The van der Waals surface area contributed by atoms with E-state index in [2.05, 4.69) is 31.9 Å². The summed E-state index contributed by atoms with van der Waals surface area (Å²) in [6.45, 7) is 2.55. The van der Waals surface area contributed by atoms with Gasteiger partial charge in [-0.25, -0.2) is 0 Å². The predicted octanol–water partition coefficient (Wildman–Crippen LogP) is 4.47. The molecule has 3 aromatic rings. The van der Waals surface area contributed by atoms with Crippen molar-refractivity contribution in [2.75, 3.05) is 24.0 Å². The smallest absolute Gasteiger partial charge is 0.253 e. The van der Waals surface area contributed by atoms with Crippen molar-refractivity contribution in [1.29, 1.82) is 0 Å². The molecule has 0 saturated heterocycles. The number of rotatable bonds is 7. The standard InChI is InChI=1S/C24H22BrN3O4/c1-15-6-8-20(18(25)10-15)28-23(29)13-26-19-5-3-2-4-17(19)24(30)27-12-16-7-9-21-22(11-16)32-14-31-21/h2-11,26H,12-14H2,1H3,(H,27,30)(H,28,29). The van der Waals surface area contributed by atoms with Gasteiger partial charge in [0.05, 0.1) is 17.8 Å². The Morgan fingerprint density at radius 2 is 1.78 bits per heavy atom. The van der Waals surface area contributed by atoms with Crippen molar-refractivity contribution in [3.05, 3.63) is 81.8 Å². The molecule has 0 saturated carbocycles. The Hall–Kier alpha value is -3.52. The van der Waals surface area contributed by atoms with Crippen molar-refractivity contribution in [3.63, 3.8) is 0 Å². The maximum Gasteiger partial charge on any atom is 0.253 e. The van der Waals surface area contributed by atoms with Gasteiger partial charge in [-0.05, 0) is 70.4 Å². The van der Waals surface area contributed by atoms with Gasteiger partial charge in [0.1, 0.15) is 0 Å². The fourth-order valence-corrected chi connectivity index (χ4v) is 3.85. The van der Waals surface area contributed by atoms with E-state index in [0.717, 1.165) is 15.6 Å². The number of amides is 2. The van der Waals surface area contributed by atoms with E-state index in [4.69, 9.17) is 9.47 Å². The van der Waals surface area contributed by atoms with Crippen LogP contribution in [0.5, 0.6) is 11.5 Å². The SMILES string of the molecule is Cc1ccc(NC(=O)CNc2ccccc2C(=O)NCc2ccc3c(c2)OCO3)c(Br)c1. The molecular weight excluding hydrogens is 474 g/mol. The Bertz CT molecular complexity index is 1170. The van der Waals surface area contributed by atoms with Crippen LogP contribution < -0.4 is 25.4 Å². The Balaban J connectivity index is 1.35. The molecule has 32 heavy (non-hydrogen) atoms. The molecule has 0 aromatic heterocycles. The number of para-hydroxylation sites is 1. The third-order valence-corrected chi connectivity index (χ3v) is 5.56. The zero-order valence-corrected chi connectivity index (χ0v) is 19.0. The Kier molecular flexibility index (Phi) is 6.61. The molecular formula is C24H22BrN3O4. The molecule has 0 spiro atoms. The molecule has 164 valence electrons. The number of benzene rings is 3. The van der Waals surface area contributed by atoms with E-state index in [0.29, 0.717) is 35.0 Å². The van der Waals surface area contributed by atoms with Gasteiger partial charge < -0.3 is 25.4 Å². The zero-order chi connectivity index (χ0) is 22.5. The molecule has 3 aromatic carbocycles. The summed E-state index contributed by atoms with van der Waals surface area (Å²) < 4.78 is 11.5.